The van der Waals surface area contributed by atoms with E-state index in [4.69, 9.17) is 0 Å². The molecule has 0 fully saturated rings. The first-order valence-corrected chi connectivity index (χ1v) is 17.3. The van der Waals surface area contributed by atoms with E-state index in [1.54, 1.807) is 16.3 Å². The number of hydrogen-bond donors (Lipinski definition) is 0. The zero-order valence-corrected chi connectivity index (χ0v) is 31.2. The maximum atomic E-state index is 2.48. The third-order valence-corrected chi connectivity index (χ3v) is 10.7. The molecule has 3 rings (SSSR count). The molecule has 0 amide bonds. The van der Waals surface area contributed by atoms with E-state index >= 15 is 0 Å². The molecule has 1 unspecified atom stereocenters. The van der Waals surface area contributed by atoms with Crippen molar-refractivity contribution in [2.24, 2.45) is 0 Å². The Bertz CT molecular complexity index is 924. The van der Waals surface area contributed by atoms with Crippen molar-refractivity contribution in [1.82, 2.24) is 0 Å². The summed E-state index contributed by atoms with van der Waals surface area (Å²) in [7, 11) is -0.401. The van der Waals surface area contributed by atoms with E-state index in [1.807, 2.05) is 0 Å². The number of unbranched alkanes of at least 4 members (excludes halogenated alkanes) is 15. The molecule has 0 radical (unpaired) electrons. The van der Waals surface area contributed by atoms with Crippen molar-refractivity contribution in [3.8, 4) is 11.1 Å². The van der Waals surface area contributed by atoms with E-state index in [0.717, 1.165) is 0 Å². The Morgan fingerprint density at radius 3 is 1.68 bits per heavy atom. The minimum Gasteiger partial charge on any atom is -1.00 e. The summed E-state index contributed by atoms with van der Waals surface area (Å²) in [4.78, 5) is 0. The molecule has 41 heavy (non-hydrogen) atoms. The van der Waals surface area contributed by atoms with E-state index < -0.39 is 9.52 Å². The normalized spacial score (nSPS) is 15.7. The maximum Gasteiger partial charge on any atom is 4.00 e. The summed E-state index contributed by atoms with van der Waals surface area (Å²) >= 11 is 0. The summed E-state index contributed by atoms with van der Waals surface area (Å²) < 4.78 is 0. The van der Waals surface area contributed by atoms with Gasteiger partial charge < -0.3 is 37.2 Å². The molecule has 2 aromatic rings. The summed E-state index contributed by atoms with van der Waals surface area (Å²) in [5, 5.41) is 2.04. The largest absolute Gasteiger partial charge is 4.00 e. The molecule has 0 N–H and O–H groups in total. The molecule has 0 heterocycles. The fourth-order valence-corrected chi connectivity index (χ4v) is 8.39. The van der Waals surface area contributed by atoms with Crippen LogP contribution in [-0.2, 0) is 28.1 Å². The van der Waals surface area contributed by atoms with Crippen LogP contribution >= 0.6 is 0 Å². The number of aryl methyl sites for hydroxylation is 1. The minimum absolute atomic E-state index is 0. The monoisotopic (exact) mass is 668 g/mol. The van der Waals surface area contributed by atoms with Crippen LogP contribution in [0.2, 0.25) is 5.04 Å². The molecule has 0 saturated carbocycles. The van der Waals surface area contributed by atoms with Crippen LogP contribution < -0.4 is 42.4 Å². The van der Waals surface area contributed by atoms with Gasteiger partial charge in [-0.25, -0.2) is 0 Å². The number of halogens is 3. The van der Waals surface area contributed by atoms with Crippen LogP contribution in [0.25, 0.3) is 11.1 Å². The summed E-state index contributed by atoms with van der Waals surface area (Å²) in [6, 6.07) is 16.1. The molecule has 1 atom stereocenters. The smallest absolute Gasteiger partial charge is 1.00 e. The van der Waals surface area contributed by atoms with Gasteiger partial charge >= 0.3 is 21.7 Å². The second kappa shape index (κ2) is 26.3. The molecule has 0 saturated heterocycles. The first-order chi connectivity index (χ1) is 18.2. The van der Waals surface area contributed by atoms with Gasteiger partial charge in [-0.1, -0.05) is 183 Å². The third kappa shape index (κ3) is 17.1. The summed E-state index contributed by atoms with van der Waals surface area (Å²) in [6.07, 6.45) is 34.7. The van der Waals surface area contributed by atoms with E-state index in [1.165, 1.54) is 121 Å². The fraction of sp³-hybridized carbons (Fsp3) is 0.583. The first-order valence-electron chi connectivity index (χ1n) is 15.9. The van der Waals surface area contributed by atoms with Gasteiger partial charge in [-0.3, -0.25) is 0 Å². The molecule has 1 aliphatic rings. The van der Waals surface area contributed by atoms with Gasteiger partial charge in [0.1, 0.15) is 0 Å². The zero-order valence-electron chi connectivity index (χ0n) is 25.9. The van der Waals surface area contributed by atoms with Gasteiger partial charge in [-0.05, 0) is 11.5 Å². The third-order valence-electron chi connectivity index (χ3n) is 8.41. The Labute approximate surface area is 289 Å². The van der Waals surface area contributed by atoms with Crippen molar-refractivity contribution in [3.05, 3.63) is 72.3 Å². The Kier molecular flexibility index (Phi) is 27.5. The Hall–Kier alpha value is -0.149. The molecule has 2 aromatic carbocycles. The van der Waals surface area contributed by atoms with Crippen LogP contribution in [0.3, 0.4) is 0 Å². The Balaban J connectivity index is 0. The number of rotatable bonds is 20. The molecule has 0 bridgehead atoms. The van der Waals surface area contributed by atoms with Gasteiger partial charge in [0.25, 0.3) is 0 Å². The SMILES string of the molecule is CCCCCCCCCCCCCCCCCCc1cc[c-]([SiH2]C2(C)C=CC=CC2)c1-c1ccccc1.[Cl-].[Cl-].[Cl-].[Ti+4]. The molecule has 0 aliphatic heterocycles. The second-order valence-corrected chi connectivity index (χ2v) is 14.7. The van der Waals surface area contributed by atoms with Crippen molar-refractivity contribution in [2.75, 3.05) is 0 Å². The molecule has 1 aliphatic carbocycles. The van der Waals surface area contributed by atoms with E-state index in [9.17, 15) is 0 Å². The van der Waals surface area contributed by atoms with Crippen molar-refractivity contribution < 1.29 is 58.9 Å². The fourth-order valence-electron chi connectivity index (χ4n) is 6.11. The topological polar surface area (TPSA) is 0 Å². The molecular weight excluding hydrogens is 615 g/mol. The number of allylic oxidation sites excluding steroid dienone is 4. The van der Waals surface area contributed by atoms with Crippen molar-refractivity contribution >= 4 is 14.7 Å². The molecule has 228 valence electrons. The number of hydrogen-bond acceptors (Lipinski definition) is 0. The molecule has 0 nitrogen and oxygen atoms in total. The maximum absolute atomic E-state index is 2.48. The predicted molar refractivity (Wildman–Crippen MR) is 170 cm³/mol. The van der Waals surface area contributed by atoms with Crippen molar-refractivity contribution in [3.63, 3.8) is 0 Å². The van der Waals surface area contributed by atoms with Gasteiger partial charge in [0.05, 0.1) is 0 Å². The standard InChI is InChI=1S/C36H55Si.3ClH.Ti/c1-3-4-5-6-7-8-9-10-11-12-13-14-15-16-17-20-27-33-28-29-34(35(33)32-25-21-18-22-26-32)37-36(2)30-23-19-24-31-36;;;;/h18-19,21-26,28-30H,3-17,20,27,31,37H2,1-2H3;3*1H;/q-1;;;;+4/p-3. The average molecular weight is 670 g/mol. The van der Waals surface area contributed by atoms with Crippen LogP contribution in [-0.4, -0.2) is 9.52 Å². The minimum atomic E-state index is -0.401. The van der Waals surface area contributed by atoms with Gasteiger partial charge in [0, 0.05) is 9.52 Å². The molecule has 0 spiro atoms. The van der Waals surface area contributed by atoms with Crippen molar-refractivity contribution in [2.45, 2.75) is 134 Å². The van der Waals surface area contributed by atoms with Gasteiger partial charge in [-0.15, -0.1) is 10.8 Å². The van der Waals surface area contributed by atoms with Gasteiger partial charge in [-0.2, -0.15) is 17.7 Å². The zero-order chi connectivity index (χ0) is 26.0. The van der Waals surface area contributed by atoms with E-state index in [2.05, 4.69) is 80.6 Å². The summed E-state index contributed by atoms with van der Waals surface area (Å²) in [5.74, 6) is 0. The van der Waals surface area contributed by atoms with Crippen LogP contribution in [0.15, 0.2) is 66.8 Å². The Morgan fingerprint density at radius 1 is 0.683 bits per heavy atom. The molecule has 5 heteroatoms. The molecule has 0 aromatic heterocycles. The predicted octanol–water partition coefficient (Wildman–Crippen LogP) is 1.37. The quantitative estimate of drug-likeness (QED) is 0.114. The summed E-state index contributed by atoms with van der Waals surface area (Å²) in [6.45, 7) is 4.77. The van der Waals surface area contributed by atoms with Crippen LogP contribution in [0, 0.1) is 0 Å². The van der Waals surface area contributed by atoms with E-state index in [0.29, 0.717) is 5.04 Å². The van der Waals surface area contributed by atoms with E-state index in [-0.39, 0.29) is 58.9 Å². The van der Waals surface area contributed by atoms with Crippen LogP contribution in [0.5, 0.6) is 0 Å². The molecular formula is C36H55Cl3SiTi. The van der Waals surface area contributed by atoms with Crippen molar-refractivity contribution in [1.29, 1.82) is 0 Å². The van der Waals surface area contributed by atoms with Gasteiger partial charge in [0.15, 0.2) is 0 Å². The number of benzene rings is 1. The average Bonchev–Trinajstić information content (AvgIpc) is 3.30. The first kappa shape index (κ1) is 43.0. The van der Waals surface area contributed by atoms with Gasteiger partial charge in [0.2, 0.25) is 0 Å². The summed E-state index contributed by atoms with van der Waals surface area (Å²) in [5.41, 5.74) is 4.61. The van der Waals surface area contributed by atoms with Crippen LogP contribution in [0.1, 0.15) is 129 Å². The Morgan fingerprint density at radius 2 is 1.20 bits per heavy atom. The second-order valence-electron chi connectivity index (χ2n) is 12.0. The van der Waals surface area contributed by atoms with Crippen LogP contribution in [0.4, 0.5) is 0 Å².